The van der Waals surface area contributed by atoms with Crippen LogP contribution in [0.4, 0.5) is 5.69 Å². The molecule has 1 amide bonds. The molecule has 7 rings (SSSR count). The maximum atomic E-state index is 14.5. The fraction of sp³-hybridized carbons (Fsp3) is 0.623. The van der Waals surface area contributed by atoms with E-state index in [1.54, 1.807) is 19.1 Å². The van der Waals surface area contributed by atoms with Gasteiger partial charge >= 0.3 is 0 Å². The van der Waals surface area contributed by atoms with Gasteiger partial charge in [0.15, 0.2) is 5.78 Å². The van der Waals surface area contributed by atoms with Gasteiger partial charge in [-0.3, -0.25) is 14.4 Å². The van der Waals surface area contributed by atoms with Crippen LogP contribution in [0.1, 0.15) is 68.4 Å². The molecule has 16 nitrogen and oxygen atoms in total. The number of Topliss-reactive ketones (excluding diaryl/α,β-unsaturated/α-hetero) is 1. The highest BCUT2D eigenvalue weighted by Crippen LogP contribution is 2.63. The van der Waals surface area contributed by atoms with Gasteiger partial charge in [-0.05, 0) is 97.2 Å². The zero-order valence-electron chi connectivity index (χ0n) is 42.1. The second-order valence-electron chi connectivity index (χ2n) is 20.1. The molecule has 3 aromatic rings. The van der Waals surface area contributed by atoms with E-state index in [0.29, 0.717) is 107 Å². The first-order valence-corrected chi connectivity index (χ1v) is 24.7. The average Bonchev–Trinajstić information content (AvgIpc) is 3.71. The number of amides is 1. The molecule has 2 bridgehead atoms. The van der Waals surface area contributed by atoms with E-state index in [1.807, 2.05) is 80.6 Å². The van der Waals surface area contributed by atoms with Gasteiger partial charge in [-0.15, -0.1) is 0 Å². The highest BCUT2D eigenvalue weighted by molar-refractivity contribution is 5.97. The number of likely N-dealkylation sites (N-methyl/N-ethyl adjacent to an activating group) is 1. The first-order valence-electron chi connectivity index (χ1n) is 24.7. The number of aliphatic hydroxyl groups excluding tert-OH is 2. The molecule has 4 fully saturated rings. The Balaban J connectivity index is 1.16. The van der Waals surface area contributed by atoms with Gasteiger partial charge in [0.25, 0.3) is 5.91 Å². The molecule has 3 N–H and O–H groups in total. The van der Waals surface area contributed by atoms with E-state index in [1.165, 1.54) is 6.42 Å². The molecule has 9 atom stereocenters. The SMILES string of the molecule is COc1c(CN2O[C@@H](CO)[C@@H]([C@H](C)O)[C@H]2C(=O)C[C@H]2C[C@H]3C[C@@H]([C@@H]2C)C3(C)C)cccc1-c1cc(C(=O)N[C@H](Cc2ccccc2)CN(C)CCOCCOCCOCCN=[N+]=[N-])cc(N(C)C)c1. The van der Waals surface area contributed by atoms with E-state index < -0.39 is 24.2 Å². The van der Waals surface area contributed by atoms with Gasteiger partial charge in [-0.2, -0.15) is 5.06 Å². The number of anilines is 1. The Labute approximate surface area is 409 Å². The molecule has 0 radical (unpaired) electrons. The molecule has 0 unspecified atom stereocenters. The van der Waals surface area contributed by atoms with Crippen molar-refractivity contribution in [2.24, 2.45) is 40.1 Å². The number of ether oxygens (including phenoxy) is 4. The topological polar surface area (TPSA) is 191 Å². The summed E-state index contributed by atoms with van der Waals surface area (Å²) in [7, 11) is 7.51. The highest BCUT2D eigenvalue weighted by Gasteiger charge is 2.57. The quantitative estimate of drug-likeness (QED) is 0.0299. The molecule has 4 aliphatic rings. The van der Waals surface area contributed by atoms with Crippen molar-refractivity contribution < 1.29 is 43.6 Å². The molecular weight excluding hydrogens is 879 g/mol. The zero-order valence-corrected chi connectivity index (χ0v) is 42.1. The van der Waals surface area contributed by atoms with Crippen LogP contribution in [0.2, 0.25) is 0 Å². The lowest BCUT2D eigenvalue weighted by Gasteiger charge is -2.62. The van der Waals surface area contributed by atoms with Crippen molar-refractivity contribution in [3.05, 3.63) is 93.9 Å². The first-order chi connectivity index (χ1) is 33.2. The normalized spacial score (nSPS) is 23.7. The predicted octanol–water partition coefficient (Wildman–Crippen LogP) is 6.81. The van der Waals surface area contributed by atoms with E-state index in [2.05, 4.69) is 53.1 Å². The molecule has 69 heavy (non-hydrogen) atoms. The maximum Gasteiger partial charge on any atom is 0.251 e. The molecular formula is C53H77N7O9. The molecule has 16 heteroatoms. The zero-order chi connectivity index (χ0) is 49.7. The molecule has 3 aromatic carbocycles. The van der Waals surface area contributed by atoms with Crippen LogP contribution in [-0.2, 0) is 36.8 Å². The van der Waals surface area contributed by atoms with Crippen LogP contribution >= 0.6 is 0 Å². The number of methoxy groups -OCH3 is 1. The van der Waals surface area contributed by atoms with Gasteiger partial charge in [-0.1, -0.05) is 74.4 Å². The summed E-state index contributed by atoms with van der Waals surface area (Å²) in [5.74, 6) is 1.69. The van der Waals surface area contributed by atoms with Crippen molar-refractivity contribution in [1.29, 1.82) is 0 Å². The van der Waals surface area contributed by atoms with Crippen molar-refractivity contribution in [2.75, 3.05) is 99.0 Å². The number of hydroxylamine groups is 2. The van der Waals surface area contributed by atoms with Crippen molar-refractivity contribution in [3.8, 4) is 16.9 Å². The Morgan fingerprint density at radius 2 is 1.70 bits per heavy atom. The Kier molecular flexibility index (Phi) is 19.9. The summed E-state index contributed by atoms with van der Waals surface area (Å²) >= 11 is 0. The summed E-state index contributed by atoms with van der Waals surface area (Å²) in [6, 6.07) is 20.8. The van der Waals surface area contributed by atoms with Crippen molar-refractivity contribution >= 4 is 17.4 Å². The summed E-state index contributed by atoms with van der Waals surface area (Å²) < 4.78 is 22.9. The van der Waals surface area contributed by atoms with Gasteiger partial charge in [0.05, 0.1) is 66.0 Å². The monoisotopic (exact) mass is 956 g/mol. The molecule has 3 aliphatic carbocycles. The Hall–Kier alpha value is -4.61. The van der Waals surface area contributed by atoms with E-state index in [-0.39, 0.29) is 36.8 Å². The van der Waals surface area contributed by atoms with Crippen LogP contribution in [-0.4, -0.2) is 150 Å². The highest BCUT2D eigenvalue weighted by atomic mass is 16.7. The fourth-order valence-corrected chi connectivity index (χ4v) is 11.1. The minimum absolute atomic E-state index is 0.0311. The van der Waals surface area contributed by atoms with Crippen molar-refractivity contribution in [3.63, 3.8) is 0 Å². The van der Waals surface area contributed by atoms with Gasteiger partial charge < -0.3 is 44.3 Å². The minimum Gasteiger partial charge on any atom is -0.496 e. The molecule has 3 saturated carbocycles. The lowest BCUT2D eigenvalue weighted by atomic mass is 9.43. The summed E-state index contributed by atoms with van der Waals surface area (Å²) in [5, 5.41) is 30.0. The number of ketones is 1. The largest absolute Gasteiger partial charge is 0.496 e. The summed E-state index contributed by atoms with van der Waals surface area (Å²) in [4.78, 5) is 42.1. The van der Waals surface area contributed by atoms with E-state index >= 15 is 0 Å². The van der Waals surface area contributed by atoms with Crippen LogP contribution in [0.3, 0.4) is 0 Å². The number of hydrogen-bond acceptors (Lipinski definition) is 13. The second-order valence-corrected chi connectivity index (χ2v) is 20.1. The fourth-order valence-electron chi connectivity index (χ4n) is 11.1. The van der Waals surface area contributed by atoms with Gasteiger partial charge in [-0.25, -0.2) is 0 Å². The second kappa shape index (κ2) is 25.5. The van der Waals surface area contributed by atoms with Gasteiger partial charge in [0, 0.05) is 79.4 Å². The Bertz CT molecular complexity index is 2170. The maximum absolute atomic E-state index is 14.5. The number of aliphatic hydroxyl groups is 2. The van der Waals surface area contributed by atoms with Crippen LogP contribution in [0.15, 0.2) is 71.8 Å². The predicted molar refractivity (Wildman–Crippen MR) is 267 cm³/mol. The number of azide groups is 1. The van der Waals surface area contributed by atoms with E-state index in [0.717, 1.165) is 34.4 Å². The van der Waals surface area contributed by atoms with Crippen molar-refractivity contribution in [2.45, 2.75) is 84.2 Å². The number of nitrogens with zero attached hydrogens (tertiary/aromatic N) is 6. The van der Waals surface area contributed by atoms with E-state index in [9.17, 15) is 19.8 Å². The van der Waals surface area contributed by atoms with Gasteiger partial charge in [0.1, 0.15) is 17.9 Å². The standard InChI is InChI=1S/C53H77N7O9/c1-35-39(27-42-31-46(35)53(42,3)4)30-47(63)50-49(36(2)62)48(34-61)69-60(50)32-38-15-12-16-45(51(38)65-8)40-26-41(29-44(28-40)58(5)6)52(64)56-43(25-37-13-10-9-11-14-37)33-59(7)18-20-67-22-24-68-23-21-66-19-17-55-57-54/h9-16,26,28-29,35-36,39,42-43,46,48-50,61-62H,17-25,27,30-34H2,1-8H3,(H,56,64)/t35-,36+,39-,42+,43-,46+,48+,49-,50-/m1/s1. The Morgan fingerprint density at radius 1 is 0.986 bits per heavy atom. The lowest BCUT2D eigenvalue weighted by molar-refractivity contribution is -0.183. The van der Waals surface area contributed by atoms with Crippen LogP contribution < -0.4 is 15.0 Å². The smallest absolute Gasteiger partial charge is 0.251 e. The molecule has 1 aliphatic heterocycles. The number of hydrogen-bond donors (Lipinski definition) is 3. The van der Waals surface area contributed by atoms with Gasteiger partial charge in [0.2, 0.25) is 0 Å². The van der Waals surface area contributed by atoms with Crippen LogP contribution in [0.25, 0.3) is 21.6 Å². The molecule has 378 valence electrons. The number of carbonyl (C=O) groups is 2. The number of carbonyl (C=O) groups excluding carboxylic acids is 2. The third kappa shape index (κ3) is 13.8. The molecule has 1 saturated heterocycles. The summed E-state index contributed by atoms with van der Waals surface area (Å²) in [6.07, 6.45) is 1.65. The molecule has 0 spiro atoms. The third-order valence-corrected chi connectivity index (χ3v) is 15.0. The average molecular weight is 956 g/mol. The number of para-hydroxylation sites is 1. The summed E-state index contributed by atoms with van der Waals surface area (Å²) in [6.45, 7) is 12.6. The molecule has 0 aromatic heterocycles. The number of fused-ring (bicyclic) bond motifs is 2. The molecule has 1 heterocycles. The van der Waals surface area contributed by atoms with Crippen LogP contribution in [0.5, 0.6) is 5.75 Å². The third-order valence-electron chi connectivity index (χ3n) is 15.0. The summed E-state index contributed by atoms with van der Waals surface area (Å²) in [5.41, 5.74) is 13.4. The number of nitrogens with one attached hydrogen (secondary N) is 1. The van der Waals surface area contributed by atoms with Crippen molar-refractivity contribution in [1.82, 2.24) is 15.3 Å². The minimum atomic E-state index is -0.886. The number of rotatable bonds is 28. The number of benzene rings is 3. The Morgan fingerprint density at radius 3 is 2.33 bits per heavy atom. The first kappa shape index (κ1) is 53.7. The van der Waals surface area contributed by atoms with Crippen LogP contribution in [0, 0.1) is 35.0 Å². The lowest BCUT2D eigenvalue weighted by Crippen LogP contribution is -2.55. The van der Waals surface area contributed by atoms with E-state index in [4.69, 9.17) is 29.3 Å².